The van der Waals surface area contributed by atoms with Crippen molar-refractivity contribution in [2.45, 2.75) is 6.92 Å². The van der Waals surface area contributed by atoms with Crippen molar-refractivity contribution in [3.63, 3.8) is 0 Å². The van der Waals surface area contributed by atoms with Gasteiger partial charge in [0.1, 0.15) is 5.82 Å². The van der Waals surface area contributed by atoms with E-state index in [-0.39, 0.29) is 11.6 Å². The van der Waals surface area contributed by atoms with Crippen LogP contribution < -0.4 is 4.90 Å². The molecule has 7 nitrogen and oxygen atoms in total. The number of aryl methyl sites for hydroxylation is 1. The maximum absolute atomic E-state index is 12.6. The molecule has 3 rings (SSSR count). The Bertz CT molecular complexity index is 756. The van der Waals surface area contributed by atoms with Crippen LogP contribution in [0.3, 0.4) is 0 Å². The third-order valence-corrected chi connectivity index (χ3v) is 4.18. The Morgan fingerprint density at radius 3 is 2.50 bits per heavy atom. The highest BCUT2D eigenvalue weighted by atomic mass is 16.6. The second-order valence-corrected chi connectivity index (χ2v) is 5.73. The number of nitro groups is 1. The van der Waals surface area contributed by atoms with Gasteiger partial charge in [-0.2, -0.15) is 0 Å². The Hall–Kier alpha value is -2.96. The number of carbonyl (C=O) groups is 1. The molecular formula is C17H18N4O3. The summed E-state index contributed by atoms with van der Waals surface area (Å²) in [5.41, 5.74) is 1.02. The van der Waals surface area contributed by atoms with Crippen LogP contribution in [0.1, 0.15) is 15.9 Å². The number of nitrogens with zero attached hydrogens (tertiary/aromatic N) is 4. The number of anilines is 1. The Labute approximate surface area is 139 Å². The third kappa shape index (κ3) is 3.19. The molecule has 1 aliphatic rings. The van der Waals surface area contributed by atoms with Crippen molar-refractivity contribution in [2.75, 3.05) is 31.1 Å². The van der Waals surface area contributed by atoms with Crippen LogP contribution in [0.15, 0.2) is 42.6 Å². The van der Waals surface area contributed by atoms with Gasteiger partial charge in [0, 0.05) is 49.6 Å². The first-order chi connectivity index (χ1) is 11.6. The van der Waals surface area contributed by atoms with Crippen LogP contribution in [0.4, 0.5) is 11.5 Å². The number of amides is 1. The fourth-order valence-corrected chi connectivity index (χ4v) is 2.86. The van der Waals surface area contributed by atoms with Crippen molar-refractivity contribution in [3.8, 4) is 0 Å². The van der Waals surface area contributed by atoms with Gasteiger partial charge in [0.2, 0.25) is 0 Å². The average molecular weight is 326 g/mol. The number of benzene rings is 1. The number of rotatable bonds is 3. The maximum atomic E-state index is 12.6. The largest absolute Gasteiger partial charge is 0.353 e. The molecule has 1 aliphatic heterocycles. The summed E-state index contributed by atoms with van der Waals surface area (Å²) in [5, 5.41) is 10.9. The lowest BCUT2D eigenvalue weighted by atomic mass is 10.1. The van der Waals surface area contributed by atoms with E-state index in [1.807, 2.05) is 18.2 Å². The monoisotopic (exact) mass is 326 g/mol. The first-order valence-corrected chi connectivity index (χ1v) is 7.76. The molecule has 2 heterocycles. The fraction of sp³-hybridized carbons (Fsp3) is 0.294. The standard InChI is InChI=1S/C17H18N4O3/c1-13-12-14(5-6-15(13)21(23)24)17(22)20-10-8-19(9-11-20)16-4-2-3-7-18-16/h2-7,12H,8-11H2,1H3. The smallest absolute Gasteiger partial charge is 0.272 e. The Morgan fingerprint density at radius 1 is 1.17 bits per heavy atom. The van der Waals surface area contributed by atoms with Crippen LogP contribution in [-0.4, -0.2) is 46.9 Å². The Morgan fingerprint density at radius 2 is 1.92 bits per heavy atom. The van der Waals surface area contributed by atoms with E-state index in [1.54, 1.807) is 24.1 Å². The molecule has 1 saturated heterocycles. The summed E-state index contributed by atoms with van der Waals surface area (Å²) >= 11 is 0. The first kappa shape index (κ1) is 15.9. The predicted octanol–water partition coefficient (Wildman–Crippen LogP) is 2.26. The normalized spacial score (nSPS) is 14.5. The number of carbonyl (C=O) groups excluding carboxylic acids is 1. The van der Waals surface area contributed by atoms with Gasteiger partial charge in [0.05, 0.1) is 4.92 Å². The second-order valence-electron chi connectivity index (χ2n) is 5.73. The molecule has 1 aromatic heterocycles. The minimum atomic E-state index is -0.435. The molecule has 0 aliphatic carbocycles. The van der Waals surface area contributed by atoms with E-state index in [2.05, 4.69) is 9.88 Å². The van der Waals surface area contributed by atoms with Gasteiger partial charge in [0.15, 0.2) is 0 Å². The summed E-state index contributed by atoms with van der Waals surface area (Å²) in [6, 6.07) is 10.3. The molecule has 0 atom stereocenters. The minimum Gasteiger partial charge on any atom is -0.353 e. The summed E-state index contributed by atoms with van der Waals surface area (Å²) < 4.78 is 0. The Balaban J connectivity index is 1.67. The number of nitro benzene ring substituents is 1. The SMILES string of the molecule is Cc1cc(C(=O)N2CCN(c3ccccn3)CC2)ccc1[N+](=O)[O-]. The van der Waals surface area contributed by atoms with E-state index in [9.17, 15) is 14.9 Å². The first-order valence-electron chi connectivity index (χ1n) is 7.76. The molecule has 0 radical (unpaired) electrons. The van der Waals surface area contributed by atoms with E-state index < -0.39 is 4.92 Å². The second kappa shape index (κ2) is 6.66. The van der Waals surface area contributed by atoms with Gasteiger partial charge in [-0.05, 0) is 31.2 Å². The molecule has 124 valence electrons. The molecule has 0 saturated carbocycles. The highest BCUT2D eigenvalue weighted by molar-refractivity contribution is 5.95. The molecule has 0 unspecified atom stereocenters. The lowest BCUT2D eigenvalue weighted by Crippen LogP contribution is -2.49. The molecule has 24 heavy (non-hydrogen) atoms. The predicted molar refractivity (Wildman–Crippen MR) is 90.2 cm³/mol. The lowest BCUT2D eigenvalue weighted by molar-refractivity contribution is -0.385. The highest BCUT2D eigenvalue weighted by Gasteiger charge is 2.23. The highest BCUT2D eigenvalue weighted by Crippen LogP contribution is 2.20. The molecule has 1 amide bonds. The maximum Gasteiger partial charge on any atom is 0.272 e. The summed E-state index contributed by atoms with van der Waals surface area (Å²) in [5.74, 6) is 0.824. The Kier molecular flexibility index (Phi) is 4.41. The van der Waals surface area contributed by atoms with E-state index >= 15 is 0 Å². The molecule has 1 aromatic carbocycles. The van der Waals surface area contributed by atoms with Gasteiger partial charge in [-0.15, -0.1) is 0 Å². The van der Waals surface area contributed by atoms with E-state index in [1.165, 1.54) is 12.1 Å². The van der Waals surface area contributed by atoms with E-state index in [0.717, 1.165) is 5.82 Å². The summed E-state index contributed by atoms with van der Waals surface area (Å²) in [7, 11) is 0. The van der Waals surface area contributed by atoms with Crippen LogP contribution in [0.2, 0.25) is 0 Å². The summed E-state index contributed by atoms with van der Waals surface area (Å²) in [6.07, 6.45) is 1.76. The van der Waals surface area contributed by atoms with Gasteiger partial charge in [-0.1, -0.05) is 6.07 Å². The van der Waals surface area contributed by atoms with Crippen LogP contribution in [-0.2, 0) is 0 Å². The van der Waals surface area contributed by atoms with E-state index in [4.69, 9.17) is 0 Å². The molecule has 0 bridgehead atoms. The van der Waals surface area contributed by atoms with Crippen molar-refractivity contribution in [1.29, 1.82) is 0 Å². The molecule has 0 N–H and O–H groups in total. The summed E-state index contributed by atoms with van der Waals surface area (Å²) in [6.45, 7) is 4.29. The van der Waals surface area contributed by atoms with Crippen LogP contribution >= 0.6 is 0 Å². The van der Waals surface area contributed by atoms with E-state index in [0.29, 0.717) is 37.3 Å². The molecule has 2 aromatic rings. The zero-order valence-corrected chi connectivity index (χ0v) is 13.4. The number of hydrogen-bond acceptors (Lipinski definition) is 5. The van der Waals surface area contributed by atoms with Crippen molar-refractivity contribution >= 4 is 17.4 Å². The van der Waals surface area contributed by atoms with Crippen LogP contribution in [0, 0.1) is 17.0 Å². The van der Waals surface area contributed by atoms with Crippen LogP contribution in [0.25, 0.3) is 0 Å². The average Bonchev–Trinajstić information content (AvgIpc) is 2.61. The van der Waals surface area contributed by atoms with Gasteiger partial charge in [0.25, 0.3) is 11.6 Å². The zero-order valence-electron chi connectivity index (χ0n) is 13.4. The van der Waals surface area contributed by atoms with Gasteiger partial charge >= 0.3 is 0 Å². The topological polar surface area (TPSA) is 79.6 Å². The summed E-state index contributed by atoms with van der Waals surface area (Å²) in [4.78, 5) is 31.3. The quantitative estimate of drug-likeness (QED) is 0.638. The zero-order chi connectivity index (χ0) is 17.1. The van der Waals surface area contributed by atoms with Crippen molar-refractivity contribution in [3.05, 3.63) is 63.8 Å². The van der Waals surface area contributed by atoms with Crippen molar-refractivity contribution < 1.29 is 9.72 Å². The third-order valence-electron chi connectivity index (χ3n) is 4.18. The number of piperazine rings is 1. The lowest BCUT2D eigenvalue weighted by Gasteiger charge is -2.35. The molecular weight excluding hydrogens is 308 g/mol. The minimum absolute atomic E-state index is 0.0338. The van der Waals surface area contributed by atoms with Crippen molar-refractivity contribution in [2.24, 2.45) is 0 Å². The fourth-order valence-electron chi connectivity index (χ4n) is 2.86. The molecule has 7 heteroatoms. The van der Waals surface area contributed by atoms with Gasteiger partial charge < -0.3 is 9.80 Å². The molecule has 1 fully saturated rings. The number of pyridine rings is 1. The van der Waals surface area contributed by atoms with Gasteiger partial charge in [-0.3, -0.25) is 14.9 Å². The van der Waals surface area contributed by atoms with Crippen molar-refractivity contribution in [1.82, 2.24) is 9.88 Å². The van der Waals surface area contributed by atoms with Crippen LogP contribution in [0.5, 0.6) is 0 Å². The number of aromatic nitrogens is 1. The molecule has 0 spiro atoms. The van der Waals surface area contributed by atoms with Gasteiger partial charge in [-0.25, -0.2) is 4.98 Å². The number of hydrogen-bond donors (Lipinski definition) is 0.